The van der Waals surface area contributed by atoms with Gasteiger partial charge in [-0.2, -0.15) is 0 Å². The Bertz CT molecular complexity index is 1120. The van der Waals surface area contributed by atoms with Gasteiger partial charge in [-0.3, -0.25) is 4.57 Å². The molecule has 12 nitrogen and oxygen atoms in total. The van der Waals surface area contributed by atoms with E-state index in [1.165, 1.54) is 12.7 Å². The largest absolute Gasteiger partial charge is 0.387 e. The average molecular weight is 531 g/mol. The number of hydrogen-bond acceptors (Lipinski definition) is 9. The molecule has 1 aliphatic heterocycles. The third kappa shape index (κ3) is 5.45. The predicted octanol–water partition coefficient (Wildman–Crippen LogP) is 1.39. The number of fused-ring (bicyclic) bond motifs is 1. The van der Waals surface area contributed by atoms with Gasteiger partial charge in [0.25, 0.3) is 0 Å². The Balaban J connectivity index is 1.07. The van der Waals surface area contributed by atoms with Gasteiger partial charge >= 0.3 is 6.03 Å². The minimum Gasteiger partial charge on any atom is -0.387 e. The molecule has 3 fully saturated rings. The van der Waals surface area contributed by atoms with Crippen LogP contribution in [-0.4, -0.2) is 90.7 Å². The van der Waals surface area contributed by atoms with E-state index in [2.05, 4.69) is 51.3 Å². The molecule has 6 N–H and O–H groups in total. The first-order chi connectivity index (χ1) is 18.0. The molecule has 4 atom stereocenters. The van der Waals surface area contributed by atoms with Crippen molar-refractivity contribution in [2.75, 3.05) is 19.3 Å². The van der Waals surface area contributed by atoms with Gasteiger partial charge in [-0.15, -0.1) is 0 Å². The van der Waals surface area contributed by atoms with E-state index in [9.17, 15) is 15.0 Å². The lowest BCUT2D eigenvalue weighted by Gasteiger charge is -2.42. The molecule has 210 valence electrons. The number of carbonyl (C=O) groups is 1. The van der Waals surface area contributed by atoms with E-state index < -0.39 is 24.5 Å². The third-order valence-corrected chi connectivity index (χ3v) is 8.83. The van der Waals surface area contributed by atoms with Gasteiger partial charge in [-0.25, -0.2) is 19.7 Å². The first kappa shape index (κ1) is 27.0. The number of nitrogen functional groups attached to an aromatic ring is 1. The Morgan fingerprint density at radius 1 is 1.11 bits per heavy atom. The highest BCUT2D eigenvalue weighted by Gasteiger charge is 2.46. The van der Waals surface area contributed by atoms with Crippen molar-refractivity contribution in [2.24, 2.45) is 11.3 Å². The molecule has 0 bridgehead atoms. The Morgan fingerprint density at radius 2 is 1.79 bits per heavy atom. The highest BCUT2D eigenvalue weighted by atomic mass is 16.6. The number of aromatic nitrogens is 4. The number of urea groups is 1. The van der Waals surface area contributed by atoms with Crippen LogP contribution in [0.1, 0.15) is 65.5 Å². The number of aliphatic hydroxyl groups excluding tert-OH is 2. The minimum absolute atomic E-state index is 0.0761. The van der Waals surface area contributed by atoms with Crippen LogP contribution in [0.25, 0.3) is 11.2 Å². The zero-order chi connectivity index (χ0) is 27.2. The monoisotopic (exact) mass is 530 g/mol. The Hall–Kier alpha value is -2.54. The van der Waals surface area contributed by atoms with Crippen LogP contribution in [0, 0.1) is 11.3 Å². The van der Waals surface area contributed by atoms with Gasteiger partial charge in [-0.1, -0.05) is 20.8 Å². The summed E-state index contributed by atoms with van der Waals surface area (Å²) in [7, 11) is 1.98. The van der Waals surface area contributed by atoms with Gasteiger partial charge in [0.1, 0.15) is 30.2 Å². The minimum atomic E-state index is -1.14. The molecule has 1 saturated heterocycles. The van der Waals surface area contributed by atoms with Gasteiger partial charge in [-0.05, 0) is 56.9 Å². The van der Waals surface area contributed by atoms with Crippen molar-refractivity contribution in [3.63, 3.8) is 0 Å². The fraction of sp³-hybridized carbons (Fsp3) is 0.769. The molecule has 0 aromatic carbocycles. The van der Waals surface area contributed by atoms with Crippen molar-refractivity contribution in [2.45, 2.75) is 102 Å². The molecular formula is C26H42N8O4. The number of ether oxygens (including phenoxy) is 1. The molecule has 2 aliphatic carbocycles. The van der Waals surface area contributed by atoms with Crippen LogP contribution in [0.4, 0.5) is 10.6 Å². The highest BCUT2D eigenvalue weighted by molar-refractivity contribution is 5.81. The van der Waals surface area contributed by atoms with E-state index in [-0.39, 0.29) is 30.0 Å². The molecule has 38 heavy (non-hydrogen) atoms. The Morgan fingerprint density at radius 3 is 2.47 bits per heavy atom. The fourth-order valence-electron chi connectivity index (χ4n) is 6.18. The quantitative estimate of drug-likeness (QED) is 0.371. The summed E-state index contributed by atoms with van der Waals surface area (Å²) < 4.78 is 7.65. The number of aliphatic hydroxyl groups is 2. The molecule has 0 unspecified atom stereocenters. The molecule has 0 spiro atoms. The number of carbonyl (C=O) groups excluding carboxylic acids is 1. The molecule has 2 aromatic heterocycles. The van der Waals surface area contributed by atoms with E-state index in [1.807, 2.05) is 7.05 Å². The zero-order valence-corrected chi connectivity index (χ0v) is 22.7. The van der Waals surface area contributed by atoms with Gasteiger partial charge in [0.2, 0.25) is 0 Å². The Kier molecular flexibility index (Phi) is 7.51. The SMILES string of the molecule is CN(C[C@H]1O[C@@H](n2cnc3c(N)ncnc32)[C@H](O)[C@@H]1O)C1CC(NC(=O)NC2CCC(C(C)(C)C)CC2)C1. The van der Waals surface area contributed by atoms with Crippen LogP contribution in [0.2, 0.25) is 0 Å². The molecule has 3 heterocycles. The van der Waals surface area contributed by atoms with E-state index >= 15 is 0 Å². The molecule has 5 rings (SSSR count). The van der Waals surface area contributed by atoms with Gasteiger partial charge in [0.15, 0.2) is 17.7 Å². The van der Waals surface area contributed by atoms with Crippen LogP contribution in [-0.2, 0) is 4.74 Å². The zero-order valence-electron chi connectivity index (χ0n) is 22.7. The standard InChI is InChI=1S/C26H42N8O4/c1-26(2,3)14-5-7-15(8-6-14)31-25(37)32-16-9-17(10-16)33(4)11-18-20(35)21(36)24(38-18)34-13-30-19-22(27)28-12-29-23(19)34/h12-18,20-21,24,35-36H,5-11H2,1-4H3,(H2,27,28,29)(H2,31,32,37)/t14?,15?,16?,17?,18-,20-,21-,24-/m1/s1. The molecule has 0 radical (unpaired) electrons. The Labute approximate surface area is 223 Å². The fourth-order valence-corrected chi connectivity index (χ4v) is 6.18. The molecule has 12 heteroatoms. The molecule has 2 aromatic rings. The summed E-state index contributed by atoms with van der Waals surface area (Å²) in [5, 5.41) is 27.7. The number of nitrogens with one attached hydrogen (secondary N) is 2. The number of likely N-dealkylation sites (N-methyl/N-ethyl adjacent to an activating group) is 1. The number of nitrogens with two attached hydrogens (primary N) is 1. The predicted molar refractivity (Wildman–Crippen MR) is 142 cm³/mol. The number of amides is 2. The third-order valence-electron chi connectivity index (χ3n) is 8.83. The van der Waals surface area contributed by atoms with Crippen molar-refractivity contribution < 1.29 is 19.7 Å². The van der Waals surface area contributed by atoms with Gasteiger partial charge in [0.05, 0.1) is 6.33 Å². The summed E-state index contributed by atoms with van der Waals surface area (Å²) >= 11 is 0. The first-order valence-electron chi connectivity index (χ1n) is 13.7. The summed E-state index contributed by atoms with van der Waals surface area (Å²) in [6.45, 7) is 7.35. The highest BCUT2D eigenvalue weighted by Crippen LogP contribution is 2.38. The normalized spacial score (nSPS) is 33.9. The van der Waals surface area contributed by atoms with Crippen molar-refractivity contribution in [3.05, 3.63) is 12.7 Å². The topological polar surface area (TPSA) is 164 Å². The summed E-state index contributed by atoms with van der Waals surface area (Å²) in [5.41, 5.74) is 7.06. The molecule has 3 aliphatic rings. The second kappa shape index (κ2) is 10.6. The van der Waals surface area contributed by atoms with Gasteiger partial charge in [0, 0.05) is 24.7 Å². The number of hydrogen-bond donors (Lipinski definition) is 5. The van der Waals surface area contributed by atoms with E-state index in [0.717, 1.165) is 44.4 Å². The number of imidazole rings is 1. The summed E-state index contributed by atoms with van der Waals surface area (Å²) in [6, 6.07) is 0.565. The van der Waals surface area contributed by atoms with Crippen molar-refractivity contribution in [1.82, 2.24) is 35.1 Å². The van der Waals surface area contributed by atoms with Crippen molar-refractivity contribution in [1.29, 1.82) is 0 Å². The molecule has 2 amide bonds. The first-order valence-corrected chi connectivity index (χ1v) is 13.7. The average Bonchev–Trinajstić information content (AvgIpc) is 3.38. The smallest absolute Gasteiger partial charge is 0.315 e. The van der Waals surface area contributed by atoms with Crippen molar-refractivity contribution >= 4 is 23.0 Å². The lowest BCUT2D eigenvalue weighted by Crippen LogP contribution is -2.57. The van der Waals surface area contributed by atoms with Crippen LogP contribution in [0.3, 0.4) is 0 Å². The maximum atomic E-state index is 12.5. The number of anilines is 1. The lowest BCUT2D eigenvalue weighted by molar-refractivity contribution is -0.0495. The number of nitrogens with zero attached hydrogens (tertiary/aromatic N) is 5. The summed E-state index contributed by atoms with van der Waals surface area (Å²) in [4.78, 5) is 27.1. The lowest BCUT2D eigenvalue weighted by atomic mass is 9.71. The number of rotatable bonds is 6. The summed E-state index contributed by atoms with van der Waals surface area (Å²) in [5.74, 6) is 0.963. The van der Waals surface area contributed by atoms with Crippen LogP contribution < -0.4 is 16.4 Å². The summed E-state index contributed by atoms with van der Waals surface area (Å²) in [6.07, 6.45) is 5.26. The van der Waals surface area contributed by atoms with E-state index in [0.29, 0.717) is 23.1 Å². The maximum absolute atomic E-state index is 12.5. The van der Waals surface area contributed by atoms with Crippen LogP contribution in [0.5, 0.6) is 0 Å². The molecule has 2 saturated carbocycles. The van der Waals surface area contributed by atoms with E-state index in [1.54, 1.807) is 4.57 Å². The maximum Gasteiger partial charge on any atom is 0.315 e. The van der Waals surface area contributed by atoms with E-state index in [4.69, 9.17) is 10.5 Å². The van der Waals surface area contributed by atoms with Gasteiger partial charge < -0.3 is 36.2 Å². The second-order valence-electron chi connectivity index (χ2n) is 12.4. The van der Waals surface area contributed by atoms with Crippen LogP contribution >= 0.6 is 0 Å². The molecular weight excluding hydrogens is 488 g/mol. The van der Waals surface area contributed by atoms with Crippen LogP contribution in [0.15, 0.2) is 12.7 Å². The second-order valence-corrected chi connectivity index (χ2v) is 12.4. The van der Waals surface area contributed by atoms with Crippen molar-refractivity contribution in [3.8, 4) is 0 Å².